The third kappa shape index (κ3) is 2.69. The van der Waals surface area contributed by atoms with Crippen molar-refractivity contribution in [1.29, 1.82) is 0 Å². The van der Waals surface area contributed by atoms with E-state index in [0.29, 0.717) is 24.8 Å². The number of hydrogen-bond donors (Lipinski definition) is 1. The van der Waals surface area contributed by atoms with Crippen molar-refractivity contribution < 1.29 is 9.63 Å². The Hall–Kier alpha value is -1.79. The predicted octanol–water partition coefficient (Wildman–Crippen LogP) is 1.65. The largest absolute Gasteiger partial charge is 0.392 e. The van der Waals surface area contributed by atoms with Crippen LogP contribution in [0.5, 0.6) is 0 Å². The zero-order valence-corrected chi connectivity index (χ0v) is 11.7. The third-order valence-corrected chi connectivity index (χ3v) is 4.17. The fourth-order valence-electron chi connectivity index (χ4n) is 2.93. The van der Waals surface area contributed by atoms with Crippen LogP contribution in [0.1, 0.15) is 48.5 Å². The second kappa shape index (κ2) is 5.20. The van der Waals surface area contributed by atoms with Gasteiger partial charge < -0.3 is 9.63 Å². The Bertz CT molecular complexity index is 611. The van der Waals surface area contributed by atoms with E-state index in [1.165, 1.54) is 0 Å². The lowest BCUT2D eigenvalue weighted by Crippen LogP contribution is -2.24. The highest BCUT2D eigenvalue weighted by Gasteiger charge is 2.37. The lowest BCUT2D eigenvalue weighted by Gasteiger charge is -2.20. The second-order valence-corrected chi connectivity index (χ2v) is 5.96. The molecule has 2 aromatic heterocycles. The van der Waals surface area contributed by atoms with Gasteiger partial charge in [0.25, 0.3) is 0 Å². The molecule has 0 bridgehead atoms. The molecule has 0 radical (unpaired) electrons. The van der Waals surface area contributed by atoms with E-state index in [4.69, 9.17) is 4.52 Å². The van der Waals surface area contributed by atoms with E-state index in [1.807, 2.05) is 18.3 Å². The maximum absolute atomic E-state index is 9.99. The number of pyridine rings is 1. The number of hydrogen-bond acceptors (Lipinski definition) is 6. The van der Waals surface area contributed by atoms with Crippen LogP contribution in [0.4, 0.5) is 0 Å². The van der Waals surface area contributed by atoms with Gasteiger partial charge in [0.1, 0.15) is 0 Å². The van der Waals surface area contributed by atoms with Gasteiger partial charge in [-0.25, -0.2) is 0 Å². The van der Waals surface area contributed by atoms with Gasteiger partial charge in [0.15, 0.2) is 5.82 Å². The zero-order valence-electron chi connectivity index (χ0n) is 11.7. The topological polar surface area (TPSA) is 75.3 Å². The quantitative estimate of drug-likeness (QED) is 0.921. The molecule has 0 amide bonds. The van der Waals surface area contributed by atoms with Gasteiger partial charge in [-0.05, 0) is 30.9 Å². The van der Waals surface area contributed by atoms with Crippen molar-refractivity contribution in [2.75, 3.05) is 6.54 Å². The average Bonchev–Trinajstić information content (AvgIpc) is 3.11. The van der Waals surface area contributed by atoms with Crippen LogP contribution in [0.3, 0.4) is 0 Å². The van der Waals surface area contributed by atoms with Crippen molar-refractivity contribution in [1.82, 2.24) is 20.0 Å². The minimum Gasteiger partial charge on any atom is -0.392 e. The number of aromatic nitrogens is 3. The van der Waals surface area contributed by atoms with Gasteiger partial charge in [-0.15, -0.1) is 0 Å². The Kier molecular flexibility index (Phi) is 3.20. The molecule has 1 N–H and O–H groups in total. The van der Waals surface area contributed by atoms with Gasteiger partial charge >= 0.3 is 0 Å². The first kappa shape index (κ1) is 12.9. The van der Waals surface area contributed by atoms with E-state index in [1.54, 1.807) is 6.20 Å². The smallest absolute Gasteiger partial charge is 0.244 e. The predicted molar refractivity (Wildman–Crippen MR) is 74.3 cm³/mol. The van der Waals surface area contributed by atoms with Crippen LogP contribution in [-0.2, 0) is 6.54 Å². The summed E-state index contributed by atoms with van der Waals surface area (Å²) < 4.78 is 5.44. The van der Waals surface area contributed by atoms with Gasteiger partial charge in [0.2, 0.25) is 5.89 Å². The summed E-state index contributed by atoms with van der Waals surface area (Å²) in [5.41, 5.74) is 1.12. The van der Waals surface area contributed by atoms with Crippen LogP contribution in [-0.4, -0.2) is 37.8 Å². The van der Waals surface area contributed by atoms with Gasteiger partial charge in [-0.1, -0.05) is 11.2 Å². The summed E-state index contributed by atoms with van der Waals surface area (Å²) in [4.78, 5) is 10.9. The van der Waals surface area contributed by atoms with Crippen LogP contribution in [0.25, 0.3) is 0 Å². The summed E-state index contributed by atoms with van der Waals surface area (Å²) >= 11 is 0. The fourth-order valence-corrected chi connectivity index (χ4v) is 2.93. The van der Waals surface area contributed by atoms with Crippen LogP contribution < -0.4 is 0 Å². The van der Waals surface area contributed by atoms with Crippen LogP contribution in [0, 0.1) is 0 Å². The summed E-state index contributed by atoms with van der Waals surface area (Å²) in [6.07, 6.45) is 6.23. The number of rotatable bonds is 4. The lowest BCUT2D eigenvalue weighted by atomic mass is 10.2. The maximum atomic E-state index is 9.99. The van der Waals surface area contributed by atoms with E-state index in [9.17, 15) is 5.11 Å². The first-order valence-electron chi connectivity index (χ1n) is 7.44. The first-order valence-corrected chi connectivity index (χ1v) is 7.44. The number of aliphatic hydroxyl groups excluding tert-OH is 1. The van der Waals surface area contributed by atoms with E-state index in [-0.39, 0.29) is 12.1 Å². The number of aliphatic hydroxyl groups is 1. The van der Waals surface area contributed by atoms with Crippen molar-refractivity contribution in [2.24, 2.45) is 0 Å². The van der Waals surface area contributed by atoms with Crippen LogP contribution >= 0.6 is 0 Å². The van der Waals surface area contributed by atoms with E-state index >= 15 is 0 Å². The Morgan fingerprint density at radius 3 is 3.05 bits per heavy atom. The molecule has 110 valence electrons. The molecule has 1 aliphatic carbocycles. The second-order valence-electron chi connectivity index (χ2n) is 5.96. The fraction of sp³-hybridized carbons (Fsp3) is 0.533. The third-order valence-electron chi connectivity index (χ3n) is 4.17. The van der Waals surface area contributed by atoms with Gasteiger partial charge in [0.05, 0.1) is 12.1 Å². The summed E-state index contributed by atoms with van der Waals surface area (Å²) in [6, 6.07) is 3.97. The van der Waals surface area contributed by atoms with Crippen LogP contribution in [0.15, 0.2) is 29.0 Å². The number of nitrogens with zero attached hydrogens (tertiary/aromatic N) is 4. The standard InChI is InChI=1S/C15H18N4O2/c20-12-6-13(15-17-14(18-21-15)11-3-4-11)19(9-12)8-10-2-1-5-16-7-10/h1-2,5,7,11-13,20H,3-4,6,8-9H2/t12-,13+/m1/s1. The van der Waals surface area contributed by atoms with Crippen molar-refractivity contribution in [3.63, 3.8) is 0 Å². The zero-order chi connectivity index (χ0) is 14.2. The van der Waals surface area contributed by atoms with E-state index in [0.717, 1.165) is 30.8 Å². The molecule has 1 saturated heterocycles. The number of likely N-dealkylation sites (tertiary alicyclic amines) is 1. The molecule has 1 aliphatic heterocycles. The highest BCUT2D eigenvalue weighted by molar-refractivity contribution is 5.11. The minimum atomic E-state index is -0.344. The molecule has 2 atom stereocenters. The molecular weight excluding hydrogens is 268 g/mol. The summed E-state index contributed by atoms with van der Waals surface area (Å²) in [5, 5.41) is 14.1. The van der Waals surface area contributed by atoms with Crippen molar-refractivity contribution in [3.8, 4) is 0 Å². The molecule has 0 unspecified atom stereocenters. The maximum Gasteiger partial charge on any atom is 0.244 e. The Morgan fingerprint density at radius 1 is 1.38 bits per heavy atom. The molecule has 4 rings (SSSR count). The monoisotopic (exact) mass is 286 g/mol. The Labute approximate surface area is 122 Å². The normalized spacial score (nSPS) is 26.3. The molecule has 0 aromatic carbocycles. The lowest BCUT2D eigenvalue weighted by molar-refractivity contribution is 0.169. The Balaban J connectivity index is 1.53. The van der Waals surface area contributed by atoms with Gasteiger partial charge in [-0.3, -0.25) is 9.88 Å². The highest BCUT2D eigenvalue weighted by Crippen LogP contribution is 2.40. The van der Waals surface area contributed by atoms with Gasteiger partial charge in [-0.2, -0.15) is 4.98 Å². The molecule has 1 saturated carbocycles. The molecule has 2 aliphatic rings. The van der Waals surface area contributed by atoms with Gasteiger partial charge in [0, 0.05) is 31.4 Å². The first-order chi connectivity index (χ1) is 10.3. The summed E-state index contributed by atoms with van der Waals surface area (Å²) in [6.45, 7) is 1.36. The van der Waals surface area contributed by atoms with E-state index in [2.05, 4.69) is 20.0 Å². The SMILES string of the molecule is O[C@@H]1C[C@@H](c2nc(C3CC3)no2)N(Cc2cccnc2)C1. The van der Waals surface area contributed by atoms with Crippen molar-refractivity contribution in [3.05, 3.63) is 41.8 Å². The minimum absolute atomic E-state index is 0.000191. The summed E-state index contributed by atoms with van der Waals surface area (Å²) in [7, 11) is 0. The summed E-state index contributed by atoms with van der Waals surface area (Å²) in [5.74, 6) is 1.95. The average molecular weight is 286 g/mol. The highest BCUT2D eigenvalue weighted by atomic mass is 16.5. The molecule has 3 heterocycles. The van der Waals surface area contributed by atoms with Crippen molar-refractivity contribution in [2.45, 2.75) is 43.9 Å². The molecule has 6 heteroatoms. The van der Waals surface area contributed by atoms with Crippen molar-refractivity contribution >= 4 is 0 Å². The molecule has 6 nitrogen and oxygen atoms in total. The number of β-amino-alcohol motifs (C(OH)–C–C–N with tert-alkyl or cyclic N) is 1. The molecule has 21 heavy (non-hydrogen) atoms. The molecule has 0 spiro atoms. The van der Waals surface area contributed by atoms with E-state index < -0.39 is 0 Å². The molecule has 2 aromatic rings. The van der Waals surface area contributed by atoms with Crippen LogP contribution in [0.2, 0.25) is 0 Å². The Morgan fingerprint density at radius 2 is 2.29 bits per heavy atom. The molecule has 2 fully saturated rings. The molecular formula is C15H18N4O2.